The van der Waals surface area contributed by atoms with E-state index in [1.165, 1.54) is 25.3 Å². The van der Waals surface area contributed by atoms with Gasteiger partial charge >= 0.3 is 0 Å². The molecule has 8 nitrogen and oxygen atoms in total. The molecule has 0 spiro atoms. The lowest BCUT2D eigenvalue weighted by Crippen LogP contribution is -2.40. The smallest absolute Gasteiger partial charge is 0.231 e. The monoisotopic (exact) mass is 591 g/mol. The van der Waals surface area contributed by atoms with Crippen molar-refractivity contribution in [2.45, 2.75) is 51.6 Å². The van der Waals surface area contributed by atoms with Crippen molar-refractivity contribution in [3.05, 3.63) is 81.4 Å². The average molecular weight is 592 g/mol. The molecule has 0 bridgehead atoms. The molecule has 5 rings (SSSR count). The third-order valence-corrected chi connectivity index (χ3v) is 8.36. The number of amides is 1. The summed E-state index contributed by atoms with van der Waals surface area (Å²) in [5.41, 5.74) is 7.28. The molecule has 1 amide bonds. The summed E-state index contributed by atoms with van der Waals surface area (Å²) in [6.45, 7) is 7.03. The highest BCUT2D eigenvalue weighted by atomic mass is 35.5. The maximum atomic E-state index is 13.9. The van der Waals surface area contributed by atoms with E-state index in [2.05, 4.69) is 9.97 Å². The van der Waals surface area contributed by atoms with Crippen LogP contribution in [-0.4, -0.2) is 40.5 Å². The number of hydrogen-bond donors (Lipinski definition) is 2. The van der Waals surface area contributed by atoms with Gasteiger partial charge in [0.05, 0.1) is 17.8 Å². The van der Waals surface area contributed by atoms with E-state index < -0.39 is 22.7 Å². The van der Waals surface area contributed by atoms with Crippen molar-refractivity contribution in [3.63, 3.8) is 0 Å². The minimum absolute atomic E-state index is 0.0139. The quantitative estimate of drug-likeness (QED) is 0.251. The first-order chi connectivity index (χ1) is 19.7. The van der Waals surface area contributed by atoms with Gasteiger partial charge in [-0.3, -0.25) is 9.59 Å². The number of nitrogens with two attached hydrogens (primary N) is 1. The zero-order valence-electron chi connectivity index (χ0n) is 24.0. The van der Waals surface area contributed by atoms with E-state index >= 15 is 0 Å². The highest BCUT2D eigenvalue weighted by molar-refractivity contribution is 6.31. The van der Waals surface area contributed by atoms with Crippen LogP contribution in [0, 0.1) is 19.7 Å². The van der Waals surface area contributed by atoms with Crippen LogP contribution in [0.3, 0.4) is 0 Å². The van der Waals surface area contributed by atoms with Crippen LogP contribution in [0.25, 0.3) is 22.2 Å². The fourth-order valence-electron chi connectivity index (χ4n) is 5.10. The third kappa shape index (κ3) is 5.07. The topological polar surface area (TPSA) is 125 Å². The van der Waals surface area contributed by atoms with Crippen LogP contribution < -0.4 is 15.2 Å². The molecule has 0 fully saturated rings. The number of carbonyl (C=O) groups excluding carboxylic acids is 2. The summed E-state index contributed by atoms with van der Waals surface area (Å²) in [6, 6.07) is 11.1. The second-order valence-electron chi connectivity index (χ2n) is 11.2. The minimum Gasteiger partial charge on any atom is -0.494 e. The van der Waals surface area contributed by atoms with E-state index in [9.17, 15) is 19.1 Å². The number of benzene rings is 2. The molecule has 0 unspecified atom stereocenters. The fraction of sp³-hybridized carbons (Fsp3) is 0.312. The Morgan fingerprint density at radius 2 is 1.93 bits per heavy atom. The number of hydrogen-bond acceptors (Lipinski definition) is 7. The lowest BCUT2D eigenvalue weighted by molar-refractivity contribution is -0.123. The van der Waals surface area contributed by atoms with Crippen molar-refractivity contribution in [3.8, 4) is 22.8 Å². The number of ketones is 1. The number of methoxy groups -OCH3 is 1. The van der Waals surface area contributed by atoms with Crippen molar-refractivity contribution in [2.24, 2.45) is 5.73 Å². The van der Waals surface area contributed by atoms with Crippen LogP contribution in [0.2, 0.25) is 5.02 Å². The van der Waals surface area contributed by atoms with Crippen LogP contribution in [0.5, 0.6) is 11.5 Å². The Kier molecular flexibility index (Phi) is 7.45. The number of aromatic nitrogens is 2. The second kappa shape index (κ2) is 10.6. The average Bonchev–Trinajstić information content (AvgIpc) is 3.30. The van der Waals surface area contributed by atoms with E-state index in [0.717, 1.165) is 16.6 Å². The summed E-state index contributed by atoms with van der Waals surface area (Å²) in [5.74, 6) is -0.628. The van der Waals surface area contributed by atoms with Gasteiger partial charge in [-0.1, -0.05) is 11.6 Å². The summed E-state index contributed by atoms with van der Waals surface area (Å²) in [7, 11) is 1.53. The SMILES string of the molecule is COc1cc(C(=O)CC[C@](C)(O)c2cc3c(c(-c4ccc(F)c(Cl)c4)n2)OC[C@]3(C)C(N)=O)cc2cc(C)c(C)nc12. The molecule has 4 aromatic rings. The summed E-state index contributed by atoms with van der Waals surface area (Å²) < 4.78 is 25.3. The Hall–Kier alpha value is -4.08. The molecule has 1 aliphatic heterocycles. The fourth-order valence-corrected chi connectivity index (χ4v) is 5.28. The van der Waals surface area contributed by atoms with Crippen LogP contribution in [0.15, 0.2) is 42.5 Å². The van der Waals surface area contributed by atoms with Gasteiger partial charge in [0.2, 0.25) is 5.91 Å². The Morgan fingerprint density at radius 3 is 2.60 bits per heavy atom. The van der Waals surface area contributed by atoms with Gasteiger partial charge in [-0.2, -0.15) is 0 Å². The van der Waals surface area contributed by atoms with Crippen LogP contribution >= 0.6 is 11.6 Å². The van der Waals surface area contributed by atoms with Gasteiger partial charge in [0.1, 0.15) is 46.1 Å². The van der Waals surface area contributed by atoms with Gasteiger partial charge in [0, 0.05) is 34.2 Å². The molecular formula is C32H31ClFN3O5. The van der Waals surface area contributed by atoms with E-state index in [0.29, 0.717) is 33.7 Å². The molecule has 2 atom stereocenters. The van der Waals surface area contributed by atoms with Crippen LogP contribution in [0.1, 0.15) is 59.6 Å². The predicted octanol–water partition coefficient (Wildman–Crippen LogP) is 5.72. The molecule has 10 heteroatoms. The first kappa shape index (κ1) is 29.4. The first-order valence-corrected chi connectivity index (χ1v) is 13.8. The molecule has 0 radical (unpaired) electrons. The number of halogens is 2. The number of aryl methyl sites for hydroxylation is 2. The molecule has 0 saturated carbocycles. The molecule has 2 aromatic heterocycles. The second-order valence-corrected chi connectivity index (χ2v) is 11.6. The number of primary amides is 1. The molecule has 218 valence electrons. The van der Waals surface area contributed by atoms with Crippen molar-refractivity contribution >= 4 is 34.2 Å². The molecule has 3 heterocycles. The normalized spacial score (nSPS) is 17.4. The number of carbonyl (C=O) groups is 2. The molecular weight excluding hydrogens is 561 g/mol. The van der Waals surface area contributed by atoms with Gasteiger partial charge in [0.15, 0.2) is 5.78 Å². The number of aliphatic hydroxyl groups is 1. The van der Waals surface area contributed by atoms with E-state index in [-0.39, 0.29) is 41.6 Å². The molecule has 1 aliphatic rings. The zero-order chi connectivity index (χ0) is 30.6. The standard InChI is InChI=1S/C32H31ClFN3O5/c1-16-10-20-11-19(13-25(41-5)27(20)36-17(16)2)24(38)8-9-32(4,40)26-14-21-29(42-15-31(21,3)30(35)39)28(37-26)18-6-7-23(34)22(33)12-18/h6-7,10-14,40H,8-9,15H2,1-5H3,(H2,35,39)/t31-,32-/m0/s1. The van der Waals surface area contributed by atoms with E-state index in [4.69, 9.17) is 26.8 Å². The van der Waals surface area contributed by atoms with Gasteiger partial charge in [-0.25, -0.2) is 14.4 Å². The van der Waals surface area contributed by atoms with E-state index in [1.807, 2.05) is 19.9 Å². The molecule has 0 saturated heterocycles. The number of nitrogens with zero attached hydrogens (tertiary/aromatic N) is 2. The Bertz CT molecular complexity index is 1770. The van der Waals surface area contributed by atoms with Gasteiger partial charge in [-0.05, 0) is 82.1 Å². The molecule has 2 aromatic carbocycles. The zero-order valence-corrected chi connectivity index (χ0v) is 24.7. The summed E-state index contributed by atoms with van der Waals surface area (Å²) in [4.78, 5) is 35.1. The number of fused-ring (bicyclic) bond motifs is 2. The Labute approximate surface area is 247 Å². The lowest BCUT2D eigenvalue weighted by Gasteiger charge is -2.26. The van der Waals surface area contributed by atoms with Crippen molar-refractivity contribution < 1.29 is 28.6 Å². The first-order valence-electron chi connectivity index (χ1n) is 13.4. The molecule has 42 heavy (non-hydrogen) atoms. The van der Waals surface area contributed by atoms with Crippen LogP contribution in [0.4, 0.5) is 4.39 Å². The predicted molar refractivity (Wildman–Crippen MR) is 158 cm³/mol. The maximum Gasteiger partial charge on any atom is 0.231 e. The van der Waals surface area contributed by atoms with Crippen molar-refractivity contribution in [2.75, 3.05) is 13.7 Å². The number of ether oxygens (including phenoxy) is 2. The lowest BCUT2D eigenvalue weighted by atomic mass is 9.81. The number of pyridine rings is 2. The largest absolute Gasteiger partial charge is 0.494 e. The minimum atomic E-state index is -1.60. The van der Waals surface area contributed by atoms with Crippen molar-refractivity contribution in [1.29, 1.82) is 0 Å². The maximum absolute atomic E-state index is 13.9. The Morgan fingerprint density at radius 1 is 1.19 bits per heavy atom. The number of Topliss-reactive ketones (excluding diaryl/α,β-unsaturated/α-hetero) is 1. The van der Waals surface area contributed by atoms with Gasteiger partial charge in [-0.15, -0.1) is 0 Å². The summed E-state index contributed by atoms with van der Waals surface area (Å²) in [6.07, 6.45) is 0.000893. The highest BCUT2D eigenvalue weighted by Crippen LogP contribution is 2.46. The van der Waals surface area contributed by atoms with Crippen LogP contribution in [-0.2, 0) is 15.8 Å². The Balaban J connectivity index is 1.51. The van der Waals surface area contributed by atoms with Gasteiger partial charge in [0.25, 0.3) is 0 Å². The molecule has 0 aliphatic carbocycles. The molecule has 3 N–H and O–H groups in total. The summed E-state index contributed by atoms with van der Waals surface area (Å²) in [5, 5.41) is 12.3. The summed E-state index contributed by atoms with van der Waals surface area (Å²) >= 11 is 6.05. The van der Waals surface area contributed by atoms with Crippen molar-refractivity contribution in [1.82, 2.24) is 9.97 Å². The van der Waals surface area contributed by atoms with Gasteiger partial charge < -0.3 is 20.3 Å². The third-order valence-electron chi connectivity index (χ3n) is 8.07. The van der Waals surface area contributed by atoms with E-state index in [1.54, 1.807) is 32.0 Å². The number of rotatable bonds is 8. The highest BCUT2D eigenvalue weighted by Gasteiger charge is 2.45.